The summed E-state index contributed by atoms with van der Waals surface area (Å²) in [6.07, 6.45) is 1.46. The van der Waals surface area contributed by atoms with Crippen LogP contribution in [0.3, 0.4) is 0 Å². The Kier molecular flexibility index (Phi) is 9.24. The monoisotopic (exact) mass is 348 g/mol. The van der Waals surface area contributed by atoms with Gasteiger partial charge in [0.2, 0.25) is 6.04 Å². The second-order valence-corrected chi connectivity index (χ2v) is 5.57. The molecule has 0 N–H and O–H groups in total. The molecule has 0 radical (unpaired) electrons. The van der Waals surface area contributed by atoms with Crippen LogP contribution in [0.15, 0.2) is 0 Å². The molecule has 9 heteroatoms. The van der Waals surface area contributed by atoms with Crippen molar-refractivity contribution in [3.8, 4) is 0 Å². The predicted octanol–water partition coefficient (Wildman–Crippen LogP) is 1.45. The molecule has 0 bridgehead atoms. The minimum atomic E-state index is -1.19. The highest BCUT2D eigenvalue weighted by atomic mass is 16.7. The van der Waals surface area contributed by atoms with E-state index in [1.807, 2.05) is 0 Å². The summed E-state index contributed by atoms with van der Waals surface area (Å²) >= 11 is 0. The molecule has 138 valence electrons. The highest BCUT2D eigenvalue weighted by Gasteiger charge is 2.34. The lowest BCUT2D eigenvalue weighted by Crippen LogP contribution is -2.38. The van der Waals surface area contributed by atoms with E-state index in [9.17, 15) is 19.7 Å². The van der Waals surface area contributed by atoms with Gasteiger partial charge in [-0.25, -0.2) is 0 Å². The van der Waals surface area contributed by atoms with Crippen molar-refractivity contribution in [3.05, 3.63) is 10.1 Å². The fourth-order valence-corrected chi connectivity index (χ4v) is 2.50. The summed E-state index contributed by atoms with van der Waals surface area (Å²) in [6, 6.07) is -1.19. The molecule has 0 aromatic rings. The summed E-state index contributed by atoms with van der Waals surface area (Å²) in [4.78, 5) is 33.2. The summed E-state index contributed by atoms with van der Waals surface area (Å²) in [5.74, 6) is -1.16. The van der Waals surface area contributed by atoms with Crippen LogP contribution in [0.4, 0.5) is 0 Å². The topological polar surface area (TPSA) is 114 Å². The van der Waals surface area contributed by atoms with Gasteiger partial charge >= 0.3 is 11.9 Å². The van der Waals surface area contributed by atoms with Crippen molar-refractivity contribution in [1.29, 1.82) is 0 Å². The van der Waals surface area contributed by atoms with Crippen molar-refractivity contribution in [2.45, 2.75) is 63.9 Å². The average Bonchev–Trinajstić information content (AvgIpc) is 2.54. The van der Waals surface area contributed by atoms with E-state index >= 15 is 0 Å². The Morgan fingerprint density at radius 3 is 2.62 bits per heavy atom. The first-order valence-electron chi connectivity index (χ1n) is 8.04. The second-order valence-electron chi connectivity index (χ2n) is 5.57. The summed E-state index contributed by atoms with van der Waals surface area (Å²) in [5.41, 5.74) is 0. The van der Waals surface area contributed by atoms with Crippen molar-refractivity contribution in [1.82, 2.24) is 0 Å². The molecule has 0 saturated carbocycles. The highest BCUT2D eigenvalue weighted by molar-refractivity contribution is 5.69. The van der Waals surface area contributed by atoms with Gasteiger partial charge in [-0.15, -0.1) is 0 Å². The van der Waals surface area contributed by atoms with Gasteiger partial charge in [-0.1, -0.05) is 0 Å². The number of carbonyl (C=O) groups is 2. The van der Waals surface area contributed by atoms with Crippen LogP contribution in [0.1, 0.15) is 45.4 Å². The molecule has 1 rings (SSSR count). The van der Waals surface area contributed by atoms with E-state index in [1.54, 1.807) is 0 Å². The third-order valence-corrected chi connectivity index (χ3v) is 3.73. The van der Waals surface area contributed by atoms with Crippen LogP contribution in [0.2, 0.25) is 0 Å². The van der Waals surface area contributed by atoms with Crippen LogP contribution in [-0.4, -0.2) is 55.6 Å². The quantitative estimate of drug-likeness (QED) is 0.252. The molecule has 24 heavy (non-hydrogen) atoms. The maximum absolute atomic E-state index is 11.3. The van der Waals surface area contributed by atoms with Gasteiger partial charge in [0, 0.05) is 31.3 Å². The number of nitro groups is 1. The third-order valence-electron chi connectivity index (χ3n) is 3.73. The molecule has 1 aliphatic heterocycles. The smallest absolute Gasteiger partial charge is 0.305 e. The zero-order valence-electron chi connectivity index (χ0n) is 14.1. The lowest BCUT2D eigenvalue weighted by atomic mass is 10.2. The molecule has 9 nitrogen and oxygen atoms in total. The van der Waals surface area contributed by atoms with Crippen molar-refractivity contribution < 1.29 is 33.5 Å². The molecule has 3 atom stereocenters. The molecule has 3 unspecified atom stereocenters. The van der Waals surface area contributed by atoms with E-state index in [0.29, 0.717) is 6.61 Å². The fraction of sp³-hybridized carbons (Fsp3) is 0.867. The Balaban J connectivity index is 2.56. The summed E-state index contributed by atoms with van der Waals surface area (Å²) in [7, 11) is 1.21. The fourth-order valence-electron chi connectivity index (χ4n) is 2.50. The van der Waals surface area contributed by atoms with Crippen LogP contribution in [-0.2, 0) is 28.5 Å². The van der Waals surface area contributed by atoms with E-state index in [1.165, 1.54) is 14.0 Å². The van der Waals surface area contributed by atoms with Gasteiger partial charge in [-0.3, -0.25) is 19.7 Å². The number of hydrogen-bond donors (Lipinski definition) is 0. The number of carbonyl (C=O) groups excluding carboxylic acids is 2. The molecule has 0 amide bonds. The molecule has 0 spiro atoms. The van der Waals surface area contributed by atoms with Crippen LogP contribution in [0.5, 0.6) is 0 Å². The van der Waals surface area contributed by atoms with Crippen LogP contribution >= 0.6 is 0 Å². The van der Waals surface area contributed by atoms with Crippen molar-refractivity contribution >= 4 is 11.9 Å². The van der Waals surface area contributed by atoms with E-state index in [-0.39, 0.29) is 32.2 Å². The normalized spacial score (nSPS) is 20.0. The molecule has 0 aromatic heterocycles. The lowest BCUT2D eigenvalue weighted by Gasteiger charge is -2.24. The van der Waals surface area contributed by atoms with Gasteiger partial charge in [0.25, 0.3) is 0 Å². The Labute approximate surface area is 140 Å². The van der Waals surface area contributed by atoms with E-state index in [2.05, 4.69) is 4.74 Å². The van der Waals surface area contributed by atoms with Crippen LogP contribution < -0.4 is 0 Å². The second kappa shape index (κ2) is 10.9. The molecule has 0 aliphatic carbocycles. The maximum Gasteiger partial charge on any atom is 0.305 e. The first-order chi connectivity index (χ1) is 11.4. The Morgan fingerprint density at radius 1 is 1.33 bits per heavy atom. The highest BCUT2D eigenvalue weighted by Crippen LogP contribution is 2.18. The number of nitrogens with zero attached hydrogens (tertiary/aromatic N) is 1. The summed E-state index contributed by atoms with van der Waals surface area (Å²) in [5, 5.41) is 11.3. The molecule has 1 heterocycles. The zero-order chi connectivity index (χ0) is 17.9. The molecular weight excluding hydrogens is 323 g/mol. The van der Waals surface area contributed by atoms with E-state index < -0.39 is 29.0 Å². The molecule has 1 fully saturated rings. The van der Waals surface area contributed by atoms with Crippen molar-refractivity contribution in [3.63, 3.8) is 0 Å². The predicted molar refractivity (Wildman–Crippen MR) is 81.7 cm³/mol. The molecule has 1 saturated heterocycles. The minimum Gasteiger partial charge on any atom is -0.469 e. The minimum absolute atomic E-state index is 0.0719. The molecule has 0 aromatic carbocycles. The van der Waals surface area contributed by atoms with Gasteiger partial charge in [0.05, 0.1) is 20.1 Å². The molecular formula is C15H25NO8. The summed E-state index contributed by atoms with van der Waals surface area (Å²) < 4.78 is 20.5. The number of ether oxygens (including phenoxy) is 4. The lowest BCUT2D eigenvalue weighted by molar-refractivity contribution is -0.535. The largest absolute Gasteiger partial charge is 0.469 e. The number of methoxy groups -OCH3 is 1. The third kappa shape index (κ3) is 7.69. The maximum atomic E-state index is 11.3. The Morgan fingerprint density at radius 2 is 2.08 bits per heavy atom. The van der Waals surface area contributed by atoms with Crippen LogP contribution in [0.25, 0.3) is 0 Å². The number of rotatable bonds is 10. The van der Waals surface area contributed by atoms with Gasteiger partial charge in [0.1, 0.15) is 0 Å². The Hall–Kier alpha value is -1.74. The Bertz CT molecular complexity index is 422. The average molecular weight is 348 g/mol. The summed E-state index contributed by atoms with van der Waals surface area (Å²) in [6.45, 7) is 2.00. The van der Waals surface area contributed by atoms with Crippen molar-refractivity contribution in [2.75, 3.05) is 20.3 Å². The van der Waals surface area contributed by atoms with Gasteiger partial charge in [0.15, 0.2) is 12.4 Å². The standard InChI is InChI=1S/C15H25NO8/c1-11(17)24-13(8-10-23-15-5-3-4-9-22-15)12(16(19)20)6-7-14(18)21-2/h12-13,15H,3-10H2,1-2H3/i12+1. The molecule has 1 aliphatic rings. The first kappa shape index (κ1) is 20.3. The zero-order valence-corrected chi connectivity index (χ0v) is 14.1. The van der Waals surface area contributed by atoms with Gasteiger partial charge in [-0.05, 0) is 19.3 Å². The van der Waals surface area contributed by atoms with Gasteiger partial charge in [-0.2, -0.15) is 0 Å². The number of esters is 2. The van der Waals surface area contributed by atoms with E-state index in [0.717, 1.165) is 19.3 Å². The number of hydrogen-bond acceptors (Lipinski definition) is 8. The SMILES string of the molecule is COC(=O)CC[13CH](C(CCOC1CCCCO1)OC(C)=O)[N+](=O)[O-]. The first-order valence-corrected chi connectivity index (χ1v) is 8.04. The van der Waals surface area contributed by atoms with Crippen LogP contribution in [0, 0.1) is 10.1 Å². The van der Waals surface area contributed by atoms with Crippen molar-refractivity contribution in [2.24, 2.45) is 0 Å². The van der Waals surface area contributed by atoms with E-state index in [4.69, 9.17) is 14.2 Å². The van der Waals surface area contributed by atoms with Gasteiger partial charge < -0.3 is 18.9 Å².